The molecule has 4 heteroatoms. The van der Waals surface area contributed by atoms with Gasteiger partial charge in [0.2, 0.25) is 5.91 Å². The van der Waals surface area contributed by atoms with Crippen LogP contribution in [0, 0.1) is 17.8 Å². The minimum absolute atomic E-state index is 0.0733. The zero-order valence-electron chi connectivity index (χ0n) is 21.7. The number of hydrogen-bond acceptors (Lipinski definition) is 3. The van der Waals surface area contributed by atoms with Crippen LogP contribution in [0.3, 0.4) is 0 Å². The Bertz CT molecular complexity index is 629. The van der Waals surface area contributed by atoms with E-state index in [0.29, 0.717) is 13.0 Å². The maximum Gasteiger partial charge on any atom is 0.219 e. The largest absolute Gasteiger partial charge is 0.372 e. The highest BCUT2D eigenvalue weighted by molar-refractivity contribution is 5.97. The van der Waals surface area contributed by atoms with Crippen LogP contribution in [-0.4, -0.2) is 30.9 Å². The van der Waals surface area contributed by atoms with Crippen LogP contribution in [0.4, 0.5) is 0 Å². The van der Waals surface area contributed by atoms with Crippen LogP contribution in [-0.2, 0) is 14.3 Å². The van der Waals surface area contributed by atoms with Gasteiger partial charge in [-0.1, -0.05) is 90.4 Å². The van der Waals surface area contributed by atoms with Crippen molar-refractivity contribution in [2.24, 2.45) is 5.92 Å². The average Bonchev–Trinajstić information content (AvgIpc) is 3.11. The van der Waals surface area contributed by atoms with Gasteiger partial charge in [-0.25, -0.2) is 0 Å². The first-order valence-corrected chi connectivity index (χ1v) is 13.8. The maximum atomic E-state index is 12.7. The second-order valence-electron chi connectivity index (χ2n) is 9.38. The summed E-state index contributed by atoms with van der Waals surface area (Å²) in [5, 5.41) is 2.92. The van der Waals surface area contributed by atoms with Crippen molar-refractivity contribution in [1.29, 1.82) is 0 Å². The van der Waals surface area contributed by atoms with Gasteiger partial charge in [0.15, 0.2) is 5.78 Å². The van der Waals surface area contributed by atoms with Crippen molar-refractivity contribution in [2.75, 3.05) is 13.2 Å². The van der Waals surface area contributed by atoms with Crippen LogP contribution in [0.2, 0.25) is 0 Å². The first kappa shape index (κ1) is 29.4. The first-order chi connectivity index (χ1) is 16.1. The lowest BCUT2D eigenvalue weighted by atomic mass is 9.93. The highest BCUT2D eigenvalue weighted by Gasteiger charge is 2.35. The van der Waals surface area contributed by atoms with E-state index in [4.69, 9.17) is 4.74 Å². The van der Waals surface area contributed by atoms with Crippen LogP contribution in [0.15, 0.2) is 11.6 Å². The third kappa shape index (κ3) is 13.6. The Hall–Kier alpha value is -1.60. The molecule has 1 aliphatic carbocycles. The van der Waals surface area contributed by atoms with Crippen molar-refractivity contribution in [3.63, 3.8) is 0 Å². The van der Waals surface area contributed by atoms with E-state index in [2.05, 4.69) is 37.9 Å². The average molecular weight is 460 g/mol. The van der Waals surface area contributed by atoms with Gasteiger partial charge in [-0.2, -0.15) is 0 Å². The summed E-state index contributed by atoms with van der Waals surface area (Å²) in [5.41, 5.74) is 0.882. The molecule has 1 N–H and O–H groups in total. The molecule has 33 heavy (non-hydrogen) atoms. The predicted octanol–water partition coefficient (Wildman–Crippen LogP) is 6.92. The summed E-state index contributed by atoms with van der Waals surface area (Å²) >= 11 is 0. The van der Waals surface area contributed by atoms with Crippen molar-refractivity contribution in [2.45, 2.75) is 130 Å². The van der Waals surface area contributed by atoms with E-state index in [9.17, 15) is 9.59 Å². The number of ketones is 1. The summed E-state index contributed by atoms with van der Waals surface area (Å²) in [5.74, 6) is 6.83. The molecule has 0 heterocycles. The molecule has 0 bridgehead atoms. The number of rotatable bonds is 19. The predicted molar refractivity (Wildman–Crippen MR) is 138 cm³/mol. The standard InChI is InChI=1S/C29H49NO3/c1-4-7-9-11-13-15-19-25-24-27(31)26(20-16-12-10-8-5-2)29(25)33-23-18-14-17-21-28(32)30-22-6-3/h24,26,29H,4-14,16-18,20-23H2,1-3H3,(H,30,32)/t26-,29+/m0/s1. The van der Waals surface area contributed by atoms with E-state index in [-0.39, 0.29) is 23.7 Å². The molecule has 1 amide bonds. The van der Waals surface area contributed by atoms with E-state index in [1.54, 1.807) is 6.08 Å². The SMILES string of the molecule is CCCCCCC#CC1=CC(=O)[C@H](CCCCCCC)[C@@H]1OCCCCCC(=O)NCCC. The molecule has 188 valence electrons. The summed E-state index contributed by atoms with van der Waals surface area (Å²) in [4.78, 5) is 24.4. The van der Waals surface area contributed by atoms with E-state index in [1.165, 1.54) is 44.9 Å². The minimum Gasteiger partial charge on any atom is -0.372 e. The normalized spacial score (nSPS) is 17.5. The molecule has 0 aliphatic heterocycles. The second-order valence-corrected chi connectivity index (χ2v) is 9.38. The number of hydrogen-bond donors (Lipinski definition) is 1. The maximum absolute atomic E-state index is 12.7. The van der Waals surface area contributed by atoms with Gasteiger partial charge < -0.3 is 10.1 Å². The summed E-state index contributed by atoms with van der Waals surface area (Å²) in [6.07, 6.45) is 18.5. The van der Waals surface area contributed by atoms with Gasteiger partial charge in [0.05, 0.1) is 5.92 Å². The number of unbranched alkanes of at least 4 members (excludes halogenated alkanes) is 10. The van der Waals surface area contributed by atoms with Crippen molar-refractivity contribution in [3.05, 3.63) is 11.6 Å². The molecule has 0 aromatic heterocycles. The molecule has 0 aromatic rings. The Morgan fingerprint density at radius 3 is 2.33 bits per heavy atom. The van der Waals surface area contributed by atoms with Crippen molar-refractivity contribution >= 4 is 11.7 Å². The molecule has 2 atom stereocenters. The summed E-state index contributed by atoms with van der Waals surface area (Å²) in [6, 6.07) is 0. The highest BCUT2D eigenvalue weighted by Crippen LogP contribution is 2.30. The molecular formula is C29H49NO3. The third-order valence-corrected chi connectivity index (χ3v) is 6.26. The molecule has 1 rings (SSSR count). The topological polar surface area (TPSA) is 55.4 Å². The molecule has 0 radical (unpaired) electrons. The van der Waals surface area contributed by atoms with Crippen LogP contribution in [0.5, 0.6) is 0 Å². The molecule has 0 saturated carbocycles. The van der Waals surface area contributed by atoms with E-state index in [1.807, 2.05) is 0 Å². The number of nitrogens with one attached hydrogen (secondary N) is 1. The number of carbonyl (C=O) groups excluding carboxylic acids is 2. The summed E-state index contributed by atoms with van der Waals surface area (Å²) in [6.45, 7) is 7.87. The highest BCUT2D eigenvalue weighted by atomic mass is 16.5. The fourth-order valence-electron chi connectivity index (χ4n) is 4.22. The molecule has 1 aliphatic rings. The monoisotopic (exact) mass is 459 g/mol. The lowest BCUT2D eigenvalue weighted by Gasteiger charge is -2.21. The first-order valence-electron chi connectivity index (χ1n) is 13.8. The fraction of sp³-hybridized carbons (Fsp3) is 0.793. The van der Waals surface area contributed by atoms with Gasteiger partial charge in [0.25, 0.3) is 0 Å². The second kappa shape index (κ2) is 19.8. The molecular weight excluding hydrogens is 410 g/mol. The minimum atomic E-state index is -0.181. The van der Waals surface area contributed by atoms with Gasteiger partial charge in [-0.15, -0.1) is 0 Å². The van der Waals surface area contributed by atoms with E-state index < -0.39 is 0 Å². The van der Waals surface area contributed by atoms with Crippen LogP contribution < -0.4 is 5.32 Å². The lowest BCUT2D eigenvalue weighted by molar-refractivity contribution is -0.122. The van der Waals surface area contributed by atoms with Crippen LogP contribution in [0.25, 0.3) is 0 Å². The van der Waals surface area contributed by atoms with E-state index >= 15 is 0 Å². The Balaban J connectivity index is 2.50. The molecule has 0 fully saturated rings. The Morgan fingerprint density at radius 2 is 1.61 bits per heavy atom. The fourth-order valence-corrected chi connectivity index (χ4v) is 4.22. The van der Waals surface area contributed by atoms with Crippen molar-refractivity contribution < 1.29 is 14.3 Å². The number of amides is 1. The third-order valence-electron chi connectivity index (χ3n) is 6.26. The zero-order chi connectivity index (χ0) is 24.2. The molecule has 0 spiro atoms. The van der Waals surface area contributed by atoms with Gasteiger partial charge in [-0.05, 0) is 38.2 Å². The molecule has 0 aromatic carbocycles. The quantitative estimate of drug-likeness (QED) is 0.168. The number of ether oxygens (including phenoxy) is 1. The van der Waals surface area contributed by atoms with Crippen molar-refractivity contribution in [3.8, 4) is 11.8 Å². The lowest BCUT2D eigenvalue weighted by Crippen LogP contribution is -2.26. The van der Waals surface area contributed by atoms with Gasteiger partial charge in [0, 0.05) is 31.6 Å². The molecule has 0 unspecified atom stereocenters. The Morgan fingerprint density at radius 1 is 0.909 bits per heavy atom. The van der Waals surface area contributed by atoms with Gasteiger partial charge in [-0.3, -0.25) is 9.59 Å². The van der Waals surface area contributed by atoms with Gasteiger partial charge in [0.1, 0.15) is 6.10 Å². The molecule has 0 saturated heterocycles. The zero-order valence-corrected chi connectivity index (χ0v) is 21.7. The smallest absolute Gasteiger partial charge is 0.219 e. The van der Waals surface area contributed by atoms with Crippen LogP contribution in [0.1, 0.15) is 124 Å². The van der Waals surface area contributed by atoms with E-state index in [0.717, 1.165) is 63.5 Å². The summed E-state index contributed by atoms with van der Waals surface area (Å²) in [7, 11) is 0. The van der Waals surface area contributed by atoms with Crippen molar-refractivity contribution in [1.82, 2.24) is 5.32 Å². The number of carbonyl (C=O) groups is 2. The molecule has 4 nitrogen and oxygen atoms in total. The van der Waals surface area contributed by atoms with Crippen LogP contribution >= 0.6 is 0 Å². The van der Waals surface area contributed by atoms with Gasteiger partial charge >= 0.3 is 0 Å². The Labute approximate surface area is 203 Å². The number of allylic oxidation sites excluding steroid dienone is 1. The summed E-state index contributed by atoms with van der Waals surface area (Å²) < 4.78 is 6.25. The Kier molecular flexibility index (Phi) is 17.7.